The number of nitrogens with one attached hydrogen (secondary N) is 1. The van der Waals surface area contributed by atoms with Crippen LogP contribution in [-0.4, -0.2) is 47.4 Å². The molecule has 0 unspecified atom stereocenters. The van der Waals surface area contributed by atoms with Gasteiger partial charge < -0.3 is 14.8 Å². The molecule has 0 aliphatic rings. The van der Waals surface area contributed by atoms with Gasteiger partial charge in [0.05, 0.1) is 25.6 Å². The van der Waals surface area contributed by atoms with E-state index in [4.69, 9.17) is 9.47 Å². The minimum Gasteiger partial charge on any atom is -0.495 e. The lowest BCUT2D eigenvalue weighted by molar-refractivity contribution is -0.119. The average molecular weight is 392 g/mol. The minimum absolute atomic E-state index is 0.260. The third kappa shape index (κ3) is 6.18. The second-order valence-corrected chi connectivity index (χ2v) is 7.86. The number of hydrogen-bond acceptors (Lipinski definition) is 5. The lowest BCUT2D eigenvalue weighted by Gasteiger charge is -2.23. The van der Waals surface area contributed by atoms with E-state index < -0.39 is 15.9 Å². The van der Waals surface area contributed by atoms with Crippen LogP contribution in [0.15, 0.2) is 48.5 Å². The summed E-state index contributed by atoms with van der Waals surface area (Å²) in [5.41, 5.74) is 1.45. The molecule has 0 heterocycles. The molecule has 0 bridgehead atoms. The molecule has 0 fully saturated rings. The van der Waals surface area contributed by atoms with Crippen molar-refractivity contribution in [1.82, 2.24) is 5.32 Å². The van der Waals surface area contributed by atoms with Crippen LogP contribution in [0.4, 0.5) is 5.69 Å². The molecule has 27 heavy (non-hydrogen) atoms. The van der Waals surface area contributed by atoms with Crippen LogP contribution in [-0.2, 0) is 14.8 Å². The van der Waals surface area contributed by atoms with Crippen molar-refractivity contribution in [2.45, 2.75) is 6.92 Å². The molecule has 0 radical (unpaired) electrons. The highest BCUT2D eigenvalue weighted by atomic mass is 32.2. The van der Waals surface area contributed by atoms with Crippen molar-refractivity contribution < 1.29 is 22.7 Å². The van der Waals surface area contributed by atoms with Gasteiger partial charge in [-0.1, -0.05) is 29.8 Å². The van der Waals surface area contributed by atoms with Crippen LogP contribution in [0.3, 0.4) is 0 Å². The number of amides is 1. The van der Waals surface area contributed by atoms with E-state index >= 15 is 0 Å². The van der Waals surface area contributed by atoms with Crippen molar-refractivity contribution in [3.05, 3.63) is 54.1 Å². The van der Waals surface area contributed by atoms with E-state index in [9.17, 15) is 13.2 Å². The van der Waals surface area contributed by atoms with Crippen molar-refractivity contribution in [2.75, 3.05) is 37.4 Å². The molecule has 0 aliphatic heterocycles. The number of methoxy groups -OCH3 is 1. The Hall–Kier alpha value is -2.74. The molecule has 146 valence electrons. The second kappa shape index (κ2) is 9.27. The first kappa shape index (κ1) is 20.6. The Morgan fingerprint density at radius 2 is 1.78 bits per heavy atom. The molecular weight excluding hydrogens is 368 g/mol. The average Bonchev–Trinajstić information content (AvgIpc) is 2.64. The van der Waals surface area contributed by atoms with Crippen molar-refractivity contribution >= 4 is 21.6 Å². The number of aryl methyl sites for hydroxylation is 1. The normalized spacial score (nSPS) is 10.9. The number of rotatable bonds is 9. The standard InChI is InChI=1S/C19H24N2O5S/c1-15-8-10-16(11-9-15)26-13-12-20-19(22)14-21(27(3,23)24)17-6-4-5-7-18(17)25-2/h4-11H,12-14H2,1-3H3,(H,20,22). The lowest BCUT2D eigenvalue weighted by Crippen LogP contribution is -2.41. The first-order valence-electron chi connectivity index (χ1n) is 8.38. The third-order valence-corrected chi connectivity index (χ3v) is 4.88. The Morgan fingerprint density at radius 3 is 2.41 bits per heavy atom. The van der Waals surface area contributed by atoms with Gasteiger partial charge in [-0.25, -0.2) is 8.42 Å². The van der Waals surface area contributed by atoms with Gasteiger partial charge >= 0.3 is 0 Å². The molecule has 1 amide bonds. The molecular formula is C19H24N2O5S. The van der Waals surface area contributed by atoms with E-state index in [2.05, 4.69) is 5.32 Å². The van der Waals surface area contributed by atoms with Crippen LogP contribution in [0.5, 0.6) is 11.5 Å². The van der Waals surface area contributed by atoms with Gasteiger partial charge in [-0.2, -0.15) is 0 Å². The van der Waals surface area contributed by atoms with Crippen LogP contribution in [0.1, 0.15) is 5.56 Å². The summed E-state index contributed by atoms with van der Waals surface area (Å²) in [6.45, 7) is 2.18. The highest BCUT2D eigenvalue weighted by molar-refractivity contribution is 7.92. The summed E-state index contributed by atoms with van der Waals surface area (Å²) < 4.78 is 36.0. The molecule has 0 aromatic heterocycles. The summed E-state index contributed by atoms with van der Waals surface area (Å²) >= 11 is 0. The molecule has 0 atom stereocenters. The number of anilines is 1. The Kier molecular flexibility index (Phi) is 7.06. The van der Waals surface area contributed by atoms with Gasteiger partial charge in [0, 0.05) is 0 Å². The topological polar surface area (TPSA) is 84.9 Å². The van der Waals surface area contributed by atoms with Gasteiger partial charge in [-0.05, 0) is 31.2 Å². The van der Waals surface area contributed by atoms with E-state index in [0.29, 0.717) is 17.2 Å². The number of hydrogen-bond donors (Lipinski definition) is 1. The van der Waals surface area contributed by atoms with Crippen molar-refractivity contribution in [3.8, 4) is 11.5 Å². The summed E-state index contributed by atoms with van der Waals surface area (Å²) in [7, 11) is -2.22. The van der Waals surface area contributed by atoms with Gasteiger partial charge in [0.25, 0.3) is 0 Å². The molecule has 1 N–H and O–H groups in total. The smallest absolute Gasteiger partial charge is 0.240 e. The summed E-state index contributed by atoms with van der Waals surface area (Å²) in [6.07, 6.45) is 1.05. The summed E-state index contributed by atoms with van der Waals surface area (Å²) in [5.74, 6) is 0.652. The largest absolute Gasteiger partial charge is 0.495 e. The van der Waals surface area contributed by atoms with E-state index in [-0.39, 0.29) is 19.7 Å². The number of carbonyl (C=O) groups excluding carboxylic acids is 1. The van der Waals surface area contributed by atoms with Crippen LogP contribution in [0.25, 0.3) is 0 Å². The van der Waals surface area contributed by atoms with Gasteiger partial charge in [-0.15, -0.1) is 0 Å². The highest BCUT2D eigenvalue weighted by Crippen LogP contribution is 2.29. The van der Waals surface area contributed by atoms with E-state index in [1.165, 1.54) is 7.11 Å². The molecule has 2 rings (SSSR count). The maximum atomic E-state index is 12.2. The summed E-state index contributed by atoms with van der Waals surface area (Å²) in [6, 6.07) is 14.2. The Bertz CT molecular complexity index is 866. The van der Waals surface area contributed by atoms with Crippen molar-refractivity contribution in [1.29, 1.82) is 0 Å². The van der Waals surface area contributed by atoms with Crippen LogP contribution in [0.2, 0.25) is 0 Å². The molecule has 0 saturated carbocycles. The van der Waals surface area contributed by atoms with Gasteiger partial charge in [-0.3, -0.25) is 9.10 Å². The molecule has 2 aromatic carbocycles. The van der Waals surface area contributed by atoms with Crippen LogP contribution >= 0.6 is 0 Å². The Morgan fingerprint density at radius 1 is 1.11 bits per heavy atom. The quantitative estimate of drug-likeness (QED) is 0.660. The molecule has 7 nitrogen and oxygen atoms in total. The van der Waals surface area contributed by atoms with Gasteiger partial charge in [0.1, 0.15) is 24.7 Å². The number of ether oxygens (including phenoxy) is 2. The maximum Gasteiger partial charge on any atom is 0.240 e. The number of carbonyl (C=O) groups is 1. The minimum atomic E-state index is -3.66. The van der Waals surface area contributed by atoms with E-state index in [0.717, 1.165) is 16.1 Å². The third-order valence-electron chi connectivity index (χ3n) is 3.76. The predicted molar refractivity (Wildman–Crippen MR) is 105 cm³/mol. The zero-order valence-electron chi connectivity index (χ0n) is 15.6. The number of benzene rings is 2. The van der Waals surface area contributed by atoms with Crippen LogP contribution in [0, 0.1) is 6.92 Å². The molecule has 0 saturated heterocycles. The molecule has 0 aliphatic carbocycles. The fourth-order valence-corrected chi connectivity index (χ4v) is 3.26. The SMILES string of the molecule is COc1ccccc1N(CC(=O)NCCOc1ccc(C)cc1)S(C)(=O)=O. The Labute approximate surface area is 160 Å². The molecule has 8 heteroatoms. The zero-order chi connectivity index (χ0) is 19.9. The maximum absolute atomic E-state index is 12.2. The highest BCUT2D eigenvalue weighted by Gasteiger charge is 2.23. The fourth-order valence-electron chi connectivity index (χ4n) is 2.40. The van der Waals surface area contributed by atoms with Crippen molar-refractivity contribution in [2.24, 2.45) is 0 Å². The first-order valence-corrected chi connectivity index (χ1v) is 10.2. The fraction of sp³-hybridized carbons (Fsp3) is 0.316. The monoisotopic (exact) mass is 392 g/mol. The van der Waals surface area contributed by atoms with E-state index in [1.807, 2.05) is 31.2 Å². The predicted octanol–water partition coefficient (Wildman–Crippen LogP) is 1.96. The van der Waals surface area contributed by atoms with Gasteiger partial charge in [0.2, 0.25) is 15.9 Å². The van der Waals surface area contributed by atoms with Crippen molar-refractivity contribution in [3.63, 3.8) is 0 Å². The second-order valence-electron chi connectivity index (χ2n) is 5.95. The van der Waals surface area contributed by atoms with Gasteiger partial charge in [0.15, 0.2) is 0 Å². The summed E-state index contributed by atoms with van der Waals surface area (Å²) in [4.78, 5) is 12.2. The van der Waals surface area contributed by atoms with E-state index in [1.54, 1.807) is 24.3 Å². The number of para-hydroxylation sites is 2. The number of sulfonamides is 1. The zero-order valence-corrected chi connectivity index (χ0v) is 16.5. The molecule has 2 aromatic rings. The van der Waals surface area contributed by atoms with Crippen LogP contribution < -0.4 is 19.1 Å². The lowest BCUT2D eigenvalue weighted by atomic mass is 10.2. The molecule has 0 spiro atoms. The number of nitrogens with zero attached hydrogens (tertiary/aromatic N) is 1. The Balaban J connectivity index is 1.93. The summed E-state index contributed by atoms with van der Waals surface area (Å²) in [5, 5.41) is 2.66. The first-order chi connectivity index (χ1) is 12.8.